The molecule has 2 aromatic rings. The van der Waals surface area contributed by atoms with Crippen molar-refractivity contribution in [3.05, 3.63) is 35.8 Å². The van der Waals surface area contributed by atoms with Gasteiger partial charge in [-0.2, -0.15) is 0 Å². The third-order valence-corrected chi connectivity index (χ3v) is 4.20. The molecule has 0 radical (unpaired) electrons. The average molecular weight is 333 g/mol. The van der Waals surface area contributed by atoms with E-state index >= 15 is 0 Å². The van der Waals surface area contributed by atoms with Gasteiger partial charge in [-0.15, -0.1) is 0 Å². The summed E-state index contributed by atoms with van der Waals surface area (Å²) in [6.45, 7) is 2.18. The van der Waals surface area contributed by atoms with Gasteiger partial charge in [0.2, 0.25) is 5.91 Å². The molecule has 1 aromatic heterocycles. The van der Waals surface area contributed by atoms with Crippen molar-refractivity contribution in [3.8, 4) is 0 Å². The lowest BCUT2D eigenvalue weighted by molar-refractivity contribution is -0.131. The highest BCUT2D eigenvalue weighted by molar-refractivity contribution is 5.99. The first kappa shape index (κ1) is 16.4. The molecule has 2 amide bonds. The van der Waals surface area contributed by atoms with Crippen LogP contribution in [0, 0.1) is 5.82 Å². The minimum atomic E-state index is -0.348. The molecular formula is C17H20FN3O3. The number of carbonyl (C=O) groups excluding carboxylic acids is 2. The van der Waals surface area contributed by atoms with Crippen LogP contribution in [-0.2, 0) is 9.53 Å². The van der Waals surface area contributed by atoms with Crippen LogP contribution in [0.2, 0.25) is 0 Å². The Morgan fingerprint density at radius 2 is 2.17 bits per heavy atom. The molecule has 2 heterocycles. The molecule has 1 fully saturated rings. The second-order valence-electron chi connectivity index (χ2n) is 5.87. The van der Waals surface area contributed by atoms with Gasteiger partial charge in [-0.1, -0.05) is 0 Å². The fraction of sp³-hybridized carbons (Fsp3) is 0.412. The van der Waals surface area contributed by atoms with Crippen LogP contribution in [0.25, 0.3) is 10.9 Å². The van der Waals surface area contributed by atoms with Gasteiger partial charge in [0, 0.05) is 37.6 Å². The summed E-state index contributed by atoms with van der Waals surface area (Å²) in [6, 6.07) is 5.94. The van der Waals surface area contributed by atoms with Gasteiger partial charge < -0.3 is 19.5 Å². The summed E-state index contributed by atoms with van der Waals surface area (Å²) in [5, 5.41) is 0.640. The summed E-state index contributed by atoms with van der Waals surface area (Å²) < 4.78 is 18.3. The molecule has 1 aliphatic heterocycles. The first-order chi connectivity index (χ1) is 11.6. The second kappa shape index (κ2) is 7.00. The van der Waals surface area contributed by atoms with Crippen molar-refractivity contribution in [1.29, 1.82) is 0 Å². The topological polar surface area (TPSA) is 65.6 Å². The molecule has 0 aliphatic carbocycles. The molecule has 0 bridgehead atoms. The lowest BCUT2D eigenvalue weighted by atomic mass is 10.2. The summed E-state index contributed by atoms with van der Waals surface area (Å²) in [7, 11) is 1.59. The number of fused-ring (bicyclic) bond motifs is 1. The van der Waals surface area contributed by atoms with E-state index in [-0.39, 0.29) is 24.2 Å². The van der Waals surface area contributed by atoms with Crippen LogP contribution in [0.4, 0.5) is 4.39 Å². The van der Waals surface area contributed by atoms with E-state index in [0.29, 0.717) is 42.8 Å². The molecule has 0 saturated carbocycles. The van der Waals surface area contributed by atoms with E-state index in [9.17, 15) is 14.0 Å². The number of nitrogens with one attached hydrogen (secondary N) is 1. The monoisotopic (exact) mass is 333 g/mol. The first-order valence-corrected chi connectivity index (χ1v) is 7.93. The van der Waals surface area contributed by atoms with Crippen LogP contribution in [0.15, 0.2) is 24.3 Å². The number of halogens is 1. The van der Waals surface area contributed by atoms with Gasteiger partial charge in [-0.05, 0) is 30.7 Å². The van der Waals surface area contributed by atoms with Crippen molar-refractivity contribution < 1.29 is 18.7 Å². The number of hydrogen-bond acceptors (Lipinski definition) is 3. The molecule has 1 saturated heterocycles. The van der Waals surface area contributed by atoms with E-state index in [2.05, 4.69) is 4.98 Å². The summed E-state index contributed by atoms with van der Waals surface area (Å²) in [4.78, 5) is 31.2. The van der Waals surface area contributed by atoms with Crippen LogP contribution in [0.3, 0.4) is 0 Å². The predicted molar refractivity (Wildman–Crippen MR) is 87.2 cm³/mol. The minimum Gasteiger partial charge on any atom is -0.383 e. The average Bonchev–Trinajstić information content (AvgIpc) is 2.89. The van der Waals surface area contributed by atoms with Gasteiger partial charge in [-0.3, -0.25) is 9.59 Å². The number of rotatable bonds is 4. The molecule has 1 N–H and O–H groups in total. The fourth-order valence-corrected chi connectivity index (χ4v) is 2.92. The number of aromatic nitrogens is 1. The number of methoxy groups -OCH3 is 1. The SMILES string of the molecule is COCCN1CCCN(C(=O)c2cc3cc(F)ccc3[nH]2)CC1=O. The lowest BCUT2D eigenvalue weighted by Crippen LogP contribution is -2.40. The van der Waals surface area contributed by atoms with Gasteiger partial charge in [0.15, 0.2) is 0 Å². The Bertz CT molecular complexity index is 759. The normalized spacial score (nSPS) is 15.8. The maximum Gasteiger partial charge on any atom is 0.270 e. The number of H-pyrrole nitrogens is 1. The Kier molecular flexibility index (Phi) is 4.80. The van der Waals surface area contributed by atoms with Crippen LogP contribution >= 0.6 is 0 Å². The summed E-state index contributed by atoms with van der Waals surface area (Å²) in [5.41, 5.74) is 1.07. The Labute approximate surface area is 139 Å². The zero-order valence-corrected chi connectivity index (χ0v) is 13.5. The number of hydrogen-bond donors (Lipinski definition) is 1. The first-order valence-electron chi connectivity index (χ1n) is 7.93. The number of aromatic amines is 1. The van der Waals surface area contributed by atoms with E-state index in [1.54, 1.807) is 24.1 Å². The molecule has 0 spiro atoms. The third-order valence-electron chi connectivity index (χ3n) is 4.20. The summed E-state index contributed by atoms with van der Waals surface area (Å²) >= 11 is 0. The van der Waals surface area contributed by atoms with Gasteiger partial charge in [0.05, 0.1) is 6.61 Å². The van der Waals surface area contributed by atoms with Crippen LogP contribution in [0.5, 0.6) is 0 Å². The van der Waals surface area contributed by atoms with Gasteiger partial charge in [-0.25, -0.2) is 4.39 Å². The van der Waals surface area contributed by atoms with Crippen molar-refractivity contribution in [2.45, 2.75) is 6.42 Å². The van der Waals surface area contributed by atoms with E-state index < -0.39 is 0 Å². The molecule has 6 nitrogen and oxygen atoms in total. The van der Waals surface area contributed by atoms with Gasteiger partial charge >= 0.3 is 0 Å². The van der Waals surface area contributed by atoms with Gasteiger partial charge in [0.25, 0.3) is 5.91 Å². The maximum absolute atomic E-state index is 13.3. The molecule has 3 rings (SSSR count). The van der Waals surface area contributed by atoms with Gasteiger partial charge in [0.1, 0.15) is 18.1 Å². The number of carbonyl (C=O) groups is 2. The van der Waals surface area contributed by atoms with Crippen molar-refractivity contribution in [3.63, 3.8) is 0 Å². The zero-order valence-electron chi connectivity index (χ0n) is 13.5. The molecule has 1 aliphatic rings. The van der Waals surface area contributed by atoms with Crippen molar-refractivity contribution in [1.82, 2.24) is 14.8 Å². The minimum absolute atomic E-state index is 0.0479. The predicted octanol–water partition coefficient (Wildman–Crippen LogP) is 1.63. The largest absolute Gasteiger partial charge is 0.383 e. The molecule has 0 unspecified atom stereocenters. The van der Waals surface area contributed by atoms with E-state index in [1.165, 1.54) is 17.0 Å². The maximum atomic E-state index is 13.3. The Hall–Kier alpha value is -2.41. The Morgan fingerprint density at radius 1 is 1.33 bits per heavy atom. The second-order valence-corrected chi connectivity index (χ2v) is 5.87. The quantitative estimate of drug-likeness (QED) is 0.925. The Morgan fingerprint density at radius 3 is 2.96 bits per heavy atom. The fourth-order valence-electron chi connectivity index (χ4n) is 2.92. The third kappa shape index (κ3) is 3.41. The van der Waals surface area contributed by atoms with E-state index in [4.69, 9.17) is 4.74 Å². The molecular weight excluding hydrogens is 313 g/mol. The standard InChI is InChI=1S/C17H20FN3O3/c1-24-8-7-20-5-2-6-21(11-16(20)22)17(23)15-10-12-9-13(18)3-4-14(12)19-15/h3-4,9-10,19H,2,5-8,11H2,1H3. The Balaban J connectivity index is 1.75. The highest BCUT2D eigenvalue weighted by Gasteiger charge is 2.26. The number of amides is 2. The molecule has 7 heteroatoms. The van der Waals surface area contributed by atoms with E-state index in [0.717, 1.165) is 6.42 Å². The summed E-state index contributed by atoms with van der Waals surface area (Å²) in [5.74, 6) is -0.673. The van der Waals surface area contributed by atoms with Crippen LogP contribution in [0.1, 0.15) is 16.9 Å². The lowest BCUT2D eigenvalue weighted by Gasteiger charge is -2.21. The van der Waals surface area contributed by atoms with E-state index in [1.807, 2.05) is 0 Å². The number of nitrogens with zero attached hydrogens (tertiary/aromatic N) is 2. The highest BCUT2D eigenvalue weighted by Crippen LogP contribution is 2.18. The van der Waals surface area contributed by atoms with Crippen LogP contribution in [-0.4, -0.2) is 66.5 Å². The molecule has 24 heavy (non-hydrogen) atoms. The van der Waals surface area contributed by atoms with Crippen molar-refractivity contribution >= 4 is 22.7 Å². The van der Waals surface area contributed by atoms with Crippen LogP contribution < -0.4 is 0 Å². The summed E-state index contributed by atoms with van der Waals surface area (Å²) in [6.07, 6.45) is 0.718. The molecule has 128 valence electrons. The highest BCUT2D eigenvalue weighted by atomic mass is 19.1. The van der Waals surface area contributed by atoms with Crippen molar-refractivity contribution in [2.75, 3.05) is 39.9 Å². The molecule has 1 aromatic carbocycles. The smallest absolute Gasteiger partial charge is 0.270 e. The zero-order chi connectivity index (χ0) is 17.1. The number of ether oxygens (including phenoxy) is 1. The number of benzene rings is 1. The molecule has 0 atom stereocenters. The van der Waals surface area contributed by atoms with Crippen molar-refractivity contribution in [2.24, 2.45) is 0 Å².